The first-order valence-electron chi connectivity index (χ1n) is 6.36. The predicted molar refractivity (Wildman–Crippen MR) is 70.2 cm³/mol. The minimum Gasteiger partial charge on any atom is -0.381 e. The van der Waals surface area contributed by atoms with Gasteiger partial charge >= 0.3 is 0 Å². The van der Waals surface area contributed by atoms with E-state index in [0.717, 1.165) is 36.5 Å². The lowest BCUT2D eigenvalue weighted by molar-refractivity contribution is 0.550. The second kappa shape index (κ2) is 5.20. The number of aryl methyl sites for hydroxylation is 2. The number of hydrogen-bond acceptors (Lipinski definition) is 4. The van der Waals surface area contributed by atoms with E-state index in [0.29, 0.717) is 12.4 Å². The van der Waals surface area contributed by atoms with E-state index in [4.69, 9.17) is 5.73 Å². The van der Waals surface area contributed by atoms with Crippen molar-refractivity contribution in [1.29, 1.82) is 0 Å². The molecule has 2 heterocycles. The molecule has 0 radical (unpaired) electrons. The molecule has 0 unspecified atom stereocenters. The highest BCUT2D eigenvalue weighted by Crippen LogP contribution is 2.13. The highest BCUT2D eigenvalue weighted by molar-refractivity contribution is 5.33. The van der Waals surface area contributed by atoms with Gasteiger partial charge in [0, 0.05) is 6.54 Å². The van der Waals surface area contributed by atoms with Gasteiger partial charge in [0.1, 0.15) is 0 Å². The first-order chi connectivity index (χ1) is 8.65. The van der Waals surface area contributed by atoms with Gasteiger partial charge in [-0.3, -0.25) is 4.68 Å². The lowest BCUT2D eigenvalue weighted by atomic mass is 10.2. The van der Waals surface area contributed by atoms with Crippen molar-refractivity contribution in [2.45, 2.75) is 46.7 Å². The van der Waals surface area contributed by atoms with E-state index in [1.807, 2.05) is 16.3 Å². The summed E-state index contributed by atoms with van der Waals surface area (Å²) < 4.78 is 3.87. The van der Waals surface area contributed by atoms with E-state index < -0.39 is 0 Å². The average molecular weight is 248 g/mol. The summed E-state index contributed by atoms with van der Waals surface area (Å²) in [6.07, 6.45) is 1.93. The van der Waals surface area contributed by atoms with Gasteiger partial charge in [-0.05, 0) is 26.3 Å². The van der Waals surface area contributed by atoms with Crippen LogP contribution < -0.4 is 5.73 Å². The third-order valence-corrected chi connectivity index (χ3v) is 2.95. The number of aromatic nitrogens is 5. The SMILES string of the molecule is CCCc1c(N)nnn1Cc1cc(C)nn1CC. The Morgan fingerprint density at radius 3 is 2.72 bits per heavy atom. The molecule has 0 atom stereocenters. The maximum atomic E-state index is 5.84. The summed E-state index contributed by atoms with van der Waals surface area (Å²) in [5.41, 5.74) is 9.01. The van der Waals surface area contributed by atoms with Crippen LogP contribution in [0.5, 0.6) is 0 Å². The van der Waals surface area contributed by atoms with Crippen LogP contribution in [0.2, 0.25) is 0 Å². The molecule has 6 nitrogen and oxygen atoms in total. The zero-order valence-corrected chi connectivity index (χ0v) is 11.2. The second-order valence-electron chi connectivity index (χ2n) is 4.42. The van der Waals surface area contributed by atoms with Gasteiger partial charge in [-0.2, -0.15) is 5.10 Å². The molecule has 0 aromatic carbocycles. The van der Waals surface area contributed by atoms with Crippen LogP contribution in [-0.4, -0.2) is 24.8 Å². The fraction of sp³-hybridized carbons (Fsp3) is 0.583. The monoisotopic (exact) mass is 248 g/mol. The molecule has 0 aliphatic rings. The molecule has 2 N–H and O–H groups in total. The molecule has 2 aromatic rings. The van der Waals surface area contributed by atoms with Crippen LogP contribution >= 0.6 is 0 Å². The lowest BCUT2D eigenvalue weighted by Crippen LogP contribution is -2.12. The van der Waals surface area contributed by atoms with Gasteiger partial charge < -0.3 is 5.73 Å². The smallest absolute Gasteiger partial charge is 0.169 e. The van der Waals surface area contributed by atoms with E-state index >= 15 is 0 Å². The number of anilines is 1. The van der Waals surface area contributed by atoms with E-state index in [1.165, 1.54) is 0 Å². The van der Waals surface area contributed by atoms with Crippen LogP contribution in [0.3, 0.4) is 0 Å². The van der Waals surface area contributed by atoms with Crippen LogP contribution in [0.25, 0.3) is 0 Å². The molecule has 2 aromatic heterocycles. The Balaban J connectivity index is 2.27. The molecule has 0 saturated carbocycles. The minimum absolute atomic E-state index is 0.538. The van der Waals surface area contributed by atoms with Crippen LogP contribution in [-0.2, 0) is 19.5 Å². The van der Waals surface area contributed by atoms with Gasteiger partial charge in [0.15, 0.2) is 5.82 Å². The normalized spacial score (nSPS) is 11.1. The van der Waals surface area contributed by atoms with Crippen molar-refractivity contribution in [2.75, 3.05) is 5.73 Å². The third kappa shape index (κ3) is 2.37. The summed E-state index contributed by atoms with van der Waals surface area (Å²) in [5, 5.41) is 12.5. The summed E-state index contributed by atoms with van der Waals surface area (Å²) in [4.78, 5) is 0. The quantitative estimate of drug-likeness (QED) is 0.867. The fourth-order valence-electron chi connectivity index (χ4n) is 2.12. The average Bonchev–Trinajstić information content (AvgIpc) is 2.86. The molecule has 0 aliphatic heterocycles. The molecule has 2 rings (SSSR count). The van der Waals surface area contributed by atoms with Gasteiger partial charge in [-0.15, -0.1) is 5.10 Å². The zero-order valence-electron chi connectivity index (χ0n) is 11.2. The van der Waals surface area contributed by atoms with Gasteiger partial charge in [0.25, 0.3) is 0 Å². The minimum atomic E-state index is 0.538. The molecule has 18 heavy (non-hydrogen) atoms. The fourth-order valence-corrected chi connectivity index (χ4v) is 2.12. The summed E-state index contributed by atoms with van der Waals surface area (Å²) in [6.45, 7) is 7.73. The predicted octanol–water partition coefficient (Wildman–Crippen LogP) is 1.39. The number of nitrogen functional groups attached to an aromatic ring is 1. The molecule has 0 aliphatic carbocycles. The Labute approximate surface area is 107 Å². The zero-order chi connectivity index (χ0) is 13.1. The Kier molecular flexibility index (Phi) is 3.64. The van der Waals surface area contributed by atoms with Crippen molar-refractivity contribution in [3.8, 4) is 0 Å². The van der Waals surface area contributed by atoms with E-state index in [-0.39, 0.29) is 0 Å². The highest BCUT2D eigenvalue weighted by atomic mass is 15.5. The van der Waals surface area contributed by atoms with Crippen LogP contribution in [0.1, 0.15) is 37.4 Å². The molecule has 0 amide bonds. The maximum absolute atomic E-state index is 5.84. The van der Waals surface area contributed by atoms with Gasteiger partial charge in [-0.1, -0.05) is 18.6 Å². The van der Waals surface area contributed by atoms with Crippen LogP contribution in [0.4, 0.5) is 5.82 Å². The maximum Gasteiger partial charge on any atom is 0.169 e. The number of hydrogen-bond donors (Lipinski definition) is 1. The molecule has 0 saturated heterocycles. The van der Waals surface area contributed by atoms with Crippen LogP contribution in [0.15, 0.2) is 6.07 Å². The largest absolute Gasteiger partial charge is 0.381 e. The van der Waals surface area contributed by atoms with Crippen molar-refractivity contribution >= 4 is 5.82 Å². The van der Waals surface area contributed by atoms with Crippen molar-refractivity contribution in [3.05, 3.63) is 23.1 Å². The van der Waals surface area contributed by atoms with E-state index in [1.54, 1.807) is 0 Å². The van der Waals surface area contributed by atoms with Crippen molar-refractivity contribution in [3.63, 3.8) is 0 Å². The molecular formula is C12H20N6. The molecule has 0 fully saturated rings. The first kappa shape index (κ1) is 12.6. The van der Waals surface area contributed by atoms with Crippen LogP contribution in [0, 0.1) is 6.92 Å². The molecule has 6 heteroatoms. The van der Waals surface area contributed by atoms with Gasteiger partial charge in [0.2, 0.25) is 0 Å². The lowest BCUT2D eigenvalue weighted by Gasteiger charge is -2.07. The topological polar surface area (TPSA) is 74.6 Å². The summed E-state index contributed by atoms with van der Waals surface area (Å²) >= 11 is 0. The highest BCUT2D eigenvalue weighted by Gasteiger charge is 2.12. The van der Waals surface area contributed by atoms with Crippen molar-refractivity contribution < 1.29 is 0 Å². The Morgan fingerprint density at radius 1 is 1.28 bits per heavy atom. The summed E-state index contributed by atoms with van der Waals surface area (Å²) in [5.74, 6) is 0.538. The van der Waals surface area contributed by atoms with E-state index in [9.17, 15) is 0 Å². The van der Waals surface area contributed by atoms with Crippen molar-refractivity contribution in [1.82, 2.24) is 24.8 Å². The number of nitrogens with two attached hydrogens (primary N) is 1. The third-order valence-electron chi connectivity index (χ3n) is 2.95. The Bertz CT molecular complexity index is 525. The molecule has 98 valence electrons. The molecule has 0 spiro atoms. The summed E-state index contributed by atoms with van der Waals surface area (Å²) in [6, 6.07) is 2.08. The second-order valence-corrected chi connectivity index (χ2v) is 4.42. The Hall–Kier alpha value is -1.85. The van der Waals surface area contributed by atoms with Gasteiger partial charge in [-0.25, -0.2) is 4.68 Å². The Morgan fingerprint density at radius 2 is 2.06 bits per heavy atom. The standard InChI is InChI=1S/C12H20N6/c1-4-6-11-12(13)14-16-18(11)8-10-7-9(3)15-17(10)5-2/h7H,4-6,8,13H2,1-3H3. The van der Waals surface area contributed by atoms with Gasteiger partial charge in [0.05, 0.1) is 23.6 Å². The number of nitrogens with zero attached hydrogens (tertiary/aromatic N) is 5. The summed E-state index contributed by atoms with van der Waals surface area (Å²) in [7, 11) is 0. The number of rotatable bonds is 5. The molecule has 0 bridgehead atoms. The molecular weight excluding hydrogens is 228 g/mol. The van der Waals surface area contributed by atoms with Crippen molar-refractivity contribution in [2.24, 2.45) is 0 Å². The van der Waals surface area contributed by atoms with E-state index in [2.05, 4.69) is 35.3 Å². The first-order valence-corrected chi connectivity index (χ1v) is 6.36.